The van der Waals surface area contributed by atoms with Gasteiger partial charge in [0.05, 0.1) is 11.3 Å². The summed E-state index contributed by atoms with van der Waals surface area (Å²) in [6.07, 6.45) is 1.32. The molecule has 1 unspecified atom stereocenters. The Morgan fingerprint density at radius 1 is 1.21 bits per heavy atom. The Balaban J connectivity index is 1.63. The third-order valence-corrected chi connectivity index (χ3v) is 7.40. The van der Waals surface area contributed by atoms with E-state index in [2.05, 4.69) is 10.6 Å². The predicted molar refractivity (Wildman–Crippen MR) is 142 cm³/mol. The van der Waals surface area contributed by atoms with Gasteiger partial charge in [-0.25, -0.2) is 22.9 Å². The quantitative estimate of drug-likeness (QED) is 0.375. The molecule has 0 bridgehead atoms. The van der Waals surface area contributed by atoms with Crippen LogP contribution in [-0.2, 0) is 6.54 Å². The van der Waals surface area contributed by atoms with Crippen LogP contribution in [0.3, 0.4) is 0 Å². The van der Waals surface area contributed by atoms with Gasteiger partial charge < -0.3 is 25.2 Å². The average Bonchev–Trinajstić information content (AvgIpc) is 3.30. The Morgan fingerprint density at radius 2 is 1.95 bits per heavy atom. The lowest BCUT2D eigenvalue weighted by molar-refractivity contribution is 0.0294. The third kappa shape index (κ3) is 5.96. The van der Waals surface area contributed by atoms with Crippen molar-refractivity contribution in [2.24, 2.45) is 5.92 Å². The highest BCUT2D eigenvalue weighted by Gasteiger charge is 2.54. The third-order valence-electron chi connectivity index (χ3n) is 7.40. The number of aliphatic hydroxyl groups is 1. The number of carbonyl (C=O) groups excluding carboxylic acids is 1. The number of hydrogen-bond acceptors (Lipinski definition) is 4. The second kappa shape index (κ2) is 11.0. The highest BCUT2D eigenvalue weighted by molar-refractivity contribution is 5.75. The van der Waals surface area contributed by atoms with Crippen LogP contribution in [0.1, 0.15) is 44.1 Å². The summed E-state index contributed by atoms with van der Waals surface area (Å²) in [5.74, 6) is -1.38. The monoisotopic (exact) mass is 541 g/mol. The van der Waals surface area contributed by atoms with E-state index in [-0.39, 0.29) is 30.4 Å². The molecule has 39 heavy (non-hydrogen) atoms. The molecule has 1 saturated heterocycles. The maximum absolute atomic E-state index is 14.8. The lowest BCUT2D eigenvalue weighted by atomic mass is 10.0. The van der Waals surface area contributed by atoms with Gasteiger partial charge in [-0.1, -0.05) is 30.3 Å². The number of amides is 2. The predicted octanol–water partition coefficient (Wildman–Crippen LogP) is 4.42. The number of benzene rings is 2. The van der Waals surface area contributed by atoms with Crippen molar-refractivity contribution < 1.29 is 23.1 Å². The zero-order chi connectivity index (χ0) is 27.7. The fraction of sp³-hybridized carbons (Fsp3) is 0.448. The van der Waals surface area contributed by atoms with E-state index in [1.54, 1.807) is 10.8 Å². The topological polar surface area (TPSA) is 82.4 Å². The Bertz CT molecular complexity index is 1310. The SMILES string of the molecule is CC(C)NC(=O)N(C[C@@H]1CNC[C@@H]1F)C(c1nc(-c2cc(F)ccc2F)cn1Cc1ccccc1)C1(O)CC1. The molecule has 208 valence electrons. The summed E-state index contributed by atoms with van der Waals surface area (Å²) in [6.45, 7) is 4.63. The number of imidazole rings is 1. The summed E-state index contributed by atoms with van der Waals surface area (Å²) in [5.41, 5.74) is -0.205. The van der Waals surface area contributed by atoms with Crippen molar-refractivity contribution in [3.05, 3.63) is 77.8 Å². The molecule has 2 aliphatic rings. The van der Waals surface area contributed by atoms with Gasteiger partial charge in [-0.05, 0) is 50.5 Å². The number of nitrogens with zero attached hydrogens (tertiary/aromatic N) is 3. The second-order valence-corrected chi connectivity index (χ2v) is 10.9. The van der Waals surface area contributed by atoms with E-state index in [1.807, 2.05) is 44.2 Å². The molecule has 3 atom stereocenters. The molecule has 2 aromatic carbocycles. The number of nitrogens with one attached hydrogen (secondary N) is 2. The van der Waals surface area contributed by atoms with Crippen molar-refractivity contribution in [2.75, 3.05) is 19.6 Å². The molecule has 1 aliphatic carbocycles. The number of alkyl halides is 1. The van der Waals surface area contributed by atoms with Crippen molar-refractivity contribution in [2.45, 2.75) is 57.1 Å². The molecule has 2 heterocycles. The van der Waals surface area contributed by atoms with E-state index < -0.39 is 41.4 Å². The second-order valence-electron chi connectivity index (χ2n) is 10.9. The van der Waals surface area contributed by atoms with E-state index in [4.69, 9.17) is 4.98 Å². The lowest BCUT2D eigenvalue weighted by Crippen LogP contribution is -2.51. The van der Waals surface area contributed by atoms with Gasteiger partial charge in [-0.15, -0.1) is 0 Å². The van der Waals surface area contributed by atoms with Crippen LogP contribution in [0.5, 0.6) is 0 Å². The highest BCUT2D eigenvalue weighted by Crippen LogP contribution is 2.49. The molecule has 2 fully saturated rings. The number of carbonyl (C=O) groups is 1. The maximum Gasteiger partial charge on any atom is 0.318 e. The van der Waals surface area contributed by atoms with Crippen molar-refractivity contribution in [1.82, 2.24) is 25.1 Å². The average molecular weight is 542 g/mol. The number of aromatic nitrogens is 2. The Morgan fingerprint density at radius 3 is 2.59 bits per heavy atom. The molecule has 3 N–H and O–H groups in total. The van der Waals surface area contributed by atoms with Crippen LogP contribution in [0.4, 0.5) is 18.0 Å². The van der Waals surface area contributed by atoms with Gasteiger partial charge >= 0.3 is 6.03 Å². The maximum atomic E-state index is 14.8. The summed E-state index contributed by atoms with van der Waals surface area (Å²) in [7, 11) is 0. The van der Waals surface area contributed by atoms with Gasteiger partial charge in [0.1, 0.15) is 29.7 Å². The van der Waals surface area contributed by atoms with Crippen LogP contribution in [0.15, 0.2) is 54.7 Å². The van der Waals surface area contributed by atoms with Crippen LogP contribution in [-0.4, -0.2) is 63.0 Å². The summed E-state index contributed by atoms with van der Waals surface area (Å²) >= 11 is 0. The molecule has 10 heteroatoms. The Labute approximate surface area is 226 Å². The molecule has 1 aromatic heterocycles. The summed E-state index contributed by atoms with van der Waals surface area (Å²) in [5, 5.41) is 17.5. The molecule has 0 spiro atoms. The minimum absolute atomic E-state index is 0.0217. The molecule has 7 nitrogen and oxygen atoms in total. The van der Waals surface area contributed by atoms with Gasteiger partial charge in [0.2, 0.25) is 0 Å². The van der Waals surface area contributed by atoms with E-state index >= 15 is 0 Å². The van der Waals surface area contributed by atoms with Crippen molar-refractivity contribution in [1.29, 1.82) is 0 Å². The zero-order valence-electron chi connectivity index (χ0n) is 22.1. The number of halogens is 3. The first-order valence-corrected chi connectivity index (χ1v) is 13.4. The Hall–Kier alpha value is -3.37. The number of hydrogen-bond donors (Lipinski definition) is 3. The van der Waals surface area contributed by atoms with Crippen LogP contribution in [0.2, 0.25) is 0 Å². The molecule has 3 aromatic rings. The fourth-order valence-corrected chi connectivity index (χ4v) is 5.22. The van der Waals surface area contributed by atoms with Crippen LogP contribution in [0, 0.1) is 17.6 Å². The number of urea groups is 1. The molecule has 1 saturated carbocycles. The molecular formula is C29H34F3N5O2. The highest BCUT2D eigenvalue weighted by atomic mass is 19.1. The van der Waals surface area contributed by atoms with Crippen LogP contribution < -0.4 is 10.6 Å². The summed E-state index contributed by atoms with van der Waals surface area (Å²) in [4.78, 5) is 19.8. The Kier molecular flexibility index (Phi) is 7.68. The van der Waals surface area contributed by atoms with Gasteiger partial charge in [0, 0.05) is 49.9 Å². The molecule has 1 aliphatic heterocycles. The normalized spacial score (nSPS) is 20.7. The first-order valence-electron chi connectivity index (χ1n) is 13.4. The molecular weight excluding hydrogens is 507 g/mol. The van der Waals surface area contributed by atoms with Gasteiger partial charge in [-0.3, -0.25) is 0 Å². The molecule has 0 radical (unpaired) electrons. The van der Waals surface area contributed by atoms with Crippen molar-refractivity contribution in [3.63, 3.8) is 0 Å². The van der Waals surface area contributed by atoms with E-state index in [0.29, 0.717) is 31.8 Å². The van der Waals surface area contributed by atoms with Crippen LogP contribution >= 0.6 is 0 Å². The minimum atomic E-state index is -1.29. The van der Waals surface area contributed by atoms with E-state index in [9.17, 15) is 23.1 Å². The van der Waals surface area contributed by atoms with Gasteiger partial charge in [0.25, 0.3) is 0 Å². The molecule has 5 rings (SSSR count). The molecule has 2 amide bonds. The van der Waals surface area contributed by atoms with Gasteiger partial charge in [-0.2, -0.15) is 0 Å². The van der Waals surface area contributed by atoms with E-state index in [0.717, 1.165) is 23.8 Å². The lowest BCUT2D eigenvalue weighted by Gasteiger charge is -2.37. The largest absolute Gasteiger partial charge is 0.387 e. The zero-order valence-corrected chi connectivity index (χ0v) is 22.1. The van der Waals surface area contributed by atoms with Crippen molar-refractivity contribution in [3.8, 4) is 11.3 Å². The van der Waals surface area contributed by atoms with Crippen molar-refractivity contribution >= 4 is 6.03 Å². The van der Waals surface area contributed by atoms with E-state index in [1.165, 1.54) is 4.90 Å². The number of rotatable bonds is 9. The first-order chi connectivity index (χ1) is 18.6. The summed E-state index contributed by atoms with van der Waals surface area (Å²) < 4.78 is 45.5. The fourth-order valence-electron chi connectivity index (χ4n) is 5.22. The van der Waals surface area contributed by atoms with Crippen LogP contribution in [0.25, 0.3) is 11.3 Å². The first kappa shape index (κ1) is 27.2. The standard InChI is InChI=1S/C29H34F3N5O2/c1-18(2)34-28(38)37(16-20-13-33-14-24(20)32)26(29(39)10-11-29)27-35-25(22-12-21(30)8-9-23(22)31)17-36(27)15-19-6-4-3-5-7-19/h3-9,12,17-18,20,24,26,33,39H,10-11,13-16H2,1-2H3,(H,34,38)/t20-,24-,26?/m0/s1. The summed E-state index contributed by atoms with van der Waals surface area (Å²) in [6, 6.07) is 11.1. The smallest absolute Gasteiger partial charge is 0.318 e. The van der Waals surface area contributed by atoms with Gasteiger partial charge in [0.15, 0.2) is 0 Å². The minimum Gasteiger partial charge on any atom is -0.387 e.